The Morgan fingerprint density at radius 1 is 1.35 bits per heavy atom. The lowest BCUT2D eigenvalue weighted by Crippen LogP contribution is -2.35. The molecule has 1 aromatic heterocycles. The summed E-state index contributed by atoms with van der Waals surface area (Å²) < 4.78 is 0. The number of pyridine rings is 1. The Bertz CT molecular complexity index is 304. The number of hydrogen-bond acceptors (Lipinski definition) is 2. The van der Waals surface area contributed by atoms with Gasteiger partial charge in [0.2, 0.25) is 0 Å². The third-order valence-corrected chi connectivity index (χ3v) is 4.06. The second-order valence-electron chi connectivity index (χ2n) is 5.19. The zero-order valence-corrected chi connectivity index (χ0v) is 10.9. The maximum absolute atomic E-state index is 4.18. The smallest absolute Gasteiger partial charge is 0.0299 e. The van der Waals surface area contributed by atoms with E-state index in [1.54, 1.807) is 0 Å². The maximum atomic E-state index is 4.18. The molecule has 1 heterocycles. The Hall–Kier alpha value is -0.890. The Kier molecular flexibility index (Phi) is 4.99. The first-order valence-corrected chi connectivity index (χ1v) is 6.96. The summed E-state index contributed by atoms with van der Waals surface area (Å²) >= 11 is 0. The van der Waals surface area contributed by atoms with Crippen LogP contribution in [0, 0.1) is 5.92 Å². The molecule has 1 fully saturated rings. The van der Waals surface area contributed by atoms with Gasteiger partial charge in [0.25, 0.3) is 0 Å². The molecule has 2 rings (SSSR count). The molecule has 0 spiro atoms. The molecule has 1 saturated carbocycles. The molecule has 0 saturated heterocycles. The van der Waals surface area contributed by atoms with Gasteiger partial charge in [-0.1, -0.05) is 25.3 Å². The van der Waals surface area contributed by atoms with Gasteiger partial charge in [-0.2, -0.15) is 0 Å². The van der Waals surface area contributed by atoms with E-state index in [4.69, 9.17) is 0 Å². The quantitative estimate of drug-likeness (QED) is 0.843. The molecule has 0 bridgehead atoms. The standard InChI is InChI=1S/C15H24N2/c1-16-15(14-7-3-2-4-8-14)10-9-13-6-5-11-17-12-13/h5-6,11-12,14-16H,2-4,7-10H2,1H3. The Balaban J connectivity index is 1.82. The van der Waals surface area contributed by atoms with Crippen molar-refractivity contribution in [2.75, 3.05) is 7.05 Å². The molecule has 0 amide bonds. The number of hydrogen-bond donors (Lipinski definition) is 1. The van der Waals surface area contributed by atoms with Crippen LogP contribution >= 0.6 is 0 Å². The van der Waals surface area contributed by atoms with Crippen molar-refractivity contribution in [2.45, 2.75) is 51.0 Å². The summed E-state index contributed by atoms with van der Waals surface area (Å²) in [6, 6.07) is 4.90. The number of rotatable bonds is 5. The molecular weight excluding hydrogens is 208 g/mol. The molecule has 17 heavy (non-hydrogen) atoms. The zero-order valence-electron chi connectivity index (χ0n) is 10.9. The lowest BCUT2D eigenvalue weighted by Gasteiger charge is -2.30. The second-order valence-corrected chi connectivity index (χ2v) is 5.19. The van der Waals surface area contributed by atoms with Crippen molar-refractivity contribution in [3.63, 3.8) is 0 Å². The highest BCUT2D eigenvalue weighted by Crippen LogP contribution is 2.28. The van der Waals surface area contributed by atoms with Gasteiger partial charge in [-0.15, -0.1) is 0 Å². The van der Waals surface area contributed by atoms with Gasteiger partial charge >= 0.3 is 0 Å². The first kappa shape index (κ1) is 12.6. The second kappa shape index (κ2) is 6.75. The highest BCUT2D eigenvalue weighted by atomic mass is 14.9. The van der Waals surface area contributed by atoms with E-state index in [1.807, 2.05) is 18.5 Å². The fraction of sp³-hybridized carbons (Fsp3) is 0.667. The van der Waals surface area contributed by atoms with Crippen LogP contribution < -0.4 is 5.32 Å². The van der Waals surface area contributed by atoms with Crippen molar-refractivity contribution < 1.29 is 0 Å². The summed E-state index contributed by atoms with van der Waals surface area (Å²) in [5, 5.41) is 3.52. The van der Waals surface area contributed by atoms with E-state index in [0.717, 1.165) is 12.3 Å². The SMILES string of the molecule is CNC(CCc1cccnc1)C1CCCCC1. The normalized spacial score (nSPS) is 19.1. The lowest BCUT2D eigenvalue weighted by molar-refractivity contribution is 0.268. The fourth-order valence-corrected chi connectivity index (χ4v) is 3.02. The molecule has 1 aromatic rings. The highest BCUT2D eigenvalue weighted by Gasteiger charge is 2.21. The van der Waals surface area contributed by atoms with E-state index in [9.17, 15) is 0 Å². The molecule has 1 unspecified atom stereocenters. The van der Waals surface area contributed by atoms with Crippen LogP contribution in [0.1, 0.15) is 44.1 Å². The molecule has 2 nitrogen and oxygen atoms in total. The van der Waals surface area contributed by atoms with Crippen molar-refractivity contribution in [3.8, 4) is 0 Å². The van der Waals surface area contributed by atoms with Crippen LogP contribution in [0.3, 0.4) is 0 Å². The summed E-state index contributed by atoms with van der Waals surface area (Å²) in [5.41, 5.74) is 1.36. The molecule has 94 valence electrons. The van der Waals surface area contributed by atoms with Crippen LogP contribution in [0.2, 0.25) is 0 Å². The molecule has 1 aliphatic rings. The molecule has 2 heteroatoms. The molecule has 1 aliphatic carbocycles. The van der Waals surface area contributed by atoms with Crippen LogP contribution in [-0.4, -0.2) is 18.1 Å². The molecule has 1 atom stereocenters. The van der Waals surface area contributed by atoms with E-state index in [1.165, 1.54) is 44.1 Å². The topological polar surface area (TPSA) is 24.9 Å². The van der Waals surface area contributed by atoms with Crippen molar-refractivity contribution >= 4 is 0 Å². The van der Waals surface area contributed by atoms with E-state index >= 15 is 0 Å². The van der Waals surface area contributed by atoms with Gasteiger partial charge in [-0.3, -0.25) is 4.98 Å². The average Bonchev–Trinajstić information content (AvgIpc) is 2.42. The monoisotopic (exact) mass is 232 g/mol. The Morgan fingerprint density at radius 3 is 2.82 bits per heavy atom. The van der Waals surface area contributed by atoms with Crippen molar-refractivity contribution in [1.29, 1.82) is 0 Å². The summed E-state index contributed by atoms with van der Waals surface area (Å²) in [5.74, 6) is 0.894. The first-order valence-electron chi connectivity index (χ1n) is 6.96. The highest BCUT2D eigenvalue weighted by molar-refractivity contribution is 5.08. The van der Waals surface area contributed by atoms with Crippen LogP contribution in [0.5, 0.6) is 0 Å². The van der Waals surface area contributed by atoms with E-state index in [2.05, 4.69) is 23.4 Å². The zero-order chi connectivity index (χ0) is 11.9. The Labute approximate surface area is 105 Å². The number of aromatic nitrogens is 1. The number of nitrogens with one attached hydrogen (secondary N) is 1. The summed E-state index contributed by atoms with van der Waals surface area (Å²) in [4.78, 5) is 4.18. The third kappa shape index (κ3) is 3.81. The van der Waals surface area contributed by atoms with Gasteiger partial charge in [0.15, 0.2) is 0 Å². The largest absolute Gasteiger partial charge is 0.317 e. The minimum atomic E-state index is 0.690. The Morgan fingerprint density at radius 2 is 2.18 bits per heavy atom. The lowest BCUT2D eigenvalue weighted by atomic mass is 9.82. The van der Waals surface area contributed by atoms with Gasteiger partial charge < -0.3 is 5.32 Å². The minimum Gasteiger partial charge on any atom is -0.317 e. The van der Waals surface area contributed by atoms with Crippen molar-refractivity contribution in [3.05, 3.63) is 30.1 Å². The molecule has 0 radical (unpaired) electrons. The van der Waals surface area contributed by atoms with Crippen LogP contribution in [0.15, 0.2) is 24.5 Å². The van der Waals surface area contributed by atoms with Crippen molar-refractivity contribution in [1.82, 2.24) is 10.3 Å². The summed E-state index contributed by atoms with van der Waals surface area (Å²) in [7, 11) is 2.11. The predicted molar refractivity (Wildman–Crippen MR) is 72.0 cm³/mol. The van der Waals surface area contributed by atoms with E-state index in [0.29, 0.717) is 6.04 Å². The molecular formula is C15H24N2. The third-order valence-electron chi connectivity index (χ3n) is 4.06. The number of nitrogens with zero attached hydrogens (tertiary/aromatic N) is 1. The number of aryl methyl sites for hydroxylation is 1. The van der Waals surface area contributed by atoms with E-state index in [-0.39, 0.29) is 0 Å². The molecule has 1 N–H and O–H groups in total. The molecule has 0 aliphatic heterocycles. The minimum absolute atomic E-state index is 0.690. The maximum Gasteiger partial charge on any atom is 0.0299 e. The van der Waals surface area contributed by atoms with Crippen LogP contribution in [0.4, 0.5) is 0 Å². The van der Waals surface area contributed by atoms with Gasteiger partial charge in [-0.25, -0.2) is 0 Å². The van der Waals surface area contributed by atoms with E-state index < -0.39 is 0 Å². The average molecular weight is 232 g/mol. The molecule has 0 aromatic carbocycles. The van der Waals surface area contributed by atoms with Crippen molar-refractivity contribution in [2.24, 2.45) is 5.92 Å². The van der Waals surface area contributed by atoms with Gasteiger partial charge in [0, 0.05) is 18.4 Å². The fourth-order valence-electron chi connectivity index (χ4n) is 3.02. The summed E-state index contributed by atoms with van der Waals surface area (Å²) in [6.45, 7) is 0. The predicted octanol–water partition coefficient (Wildman–Crippen LogP) is 3.18. The van der Waals surface area contributed by atoms with Gasteiger partial charge in [0.05, 0.1) is 0 Å². The van der Waals surface area contributed by atoms with Crippen LogP contribution in [-0.2, 0) is 6.42 Å². The van der Waals surface area contributed by atoms with Gasteiger partial charge in [0.1, 0.15) is 0 Å². The van der Waals surface area contributed by atoms with Crippen LogP contribution in [0.25, 0.3) is 0 Å². The summed E-state index contributed by atoms with van der Waals surface area (Å²) in [6.07, 6.45) is 13.4. The van der Waals surface area contributed by atoms with Gasteiger partial charge in [-0.05, 0) is 50.3 Å². The first-order chi connectivity index (χ1) is 8.40.